The monoisotopic (exact) mass is 268 g/mol. The number of nitrogens with one attached hydrogen (secondary N) is 1. The molecule has 2 aliphatic rings. The second-order valence-electron chi connectivity index (χ2n) is 5.99. The number of nitrogens with zero attached hydrogens (tertiary/aromatic N) is 1. The van der Waals surface area contributed by atoms with E-state index < -0.39 is 11.4 Å². The molecule has 1 saturated carbocycles. The first-order valence-corrected chi connectivity index (χ1v) is 7.33. The number of likely N-dealkylation sites (tertiary alicyclic amines) is 1. The van der Waals surface area contributed by atoms with Gasteiger partial charge in [-0.05, 0) is 39.0 Å². The van der Waals surface area contributed by atoms with Crippen LogP contribution >= 0.6 is 0 Å². The van der Waals surface area contributed by atoms with Crippen LogP contribution in [-0.2, 0) is 4.79 Å². The first-order chi connectivity index (χ1) is 9.05. The first-order valence-electron chi connectivity index (χ1n) is 7.33. The van der Waals surface area contributed by atoms with Gasteiger partial charge >= 0.3 is 12.0 Å². The number of urea groups is 1. The Labute approximate surface area is 114 Å². The van der Waals surface area contributed by atoms with Gasteiger partial charge < -0.3 is 15.3 Å². The van der Waals surface area contributed by atoms with Crippen LogP contribution in [0.5, 0.6) is 0 Å². The lowest BCUT2D eigenvalue weighted by molar-refractivity contribution is -0.148. The van der Waals surface area contributed by atoms with Gasteiger partial charge in [0.2, 0.25) is 0 Å². The zero-order chi connectivity index (χ0) is 13.9. The van der Waals surface area contributed by atoms with Crippen molar-refractivity contribution in [1.29, 1.82) is 0 Å². The molecule has 108 valence electrons. The Morgan fingerprint density at radius 2 is 1.95 bits per heavy atom. The standard InChI is InChI=1S/C14H24N2O3/c1-11-6-2-5-9-16(11)13(19)15-10-14(12(17)18)7-3-4-8-14/h11H,2-10H2,1H3,(H,15,19)(H,17,18). The minimum absolute atomic E-state index is 0.0975. The highest BCUT2D eigenvalue weighted by Crippen LogP contribution is 2.37. The maximum Gasteiger partial charge on any atom is 0.317 e. The highest BCUT2D eigenvalue weighted by Gasteiger charge is 2.41. The molecule has 5 nitrogen and oxygen atoms in total. The van der Waals surface area contributed by atoms with Crippen LogP contribution in [0.2, 0.25) is 0 Å². The molecule has 0 bridgehead atoms. The molecule has 2 rings (SSSR count). The molecule has 19 heavy (non-hydrogen) atoms. The van der Waals surface area contributed by atoms with Crippen LogP contribution in [0, 0.1) is 5.41 Å². The van der Waals surface area contributed by atoms with Gasteiger partial charge in [-0.3, -0.25) is 4.79 Å². The molecule has 1 aliphatic heterocycles. The van der Waals surface area contributed by atoms with Crippen LogP contribution < -0.4 is 5.32 Å². The predicted molar refractivity (Wildman–Crippen MR) is 72.0 cm³/mol. The number of hydrogen-bond donors (Lipinski definition) is 2. The third-order valence-corrected chi connectivity index (χ3v) is 4.66. The van der Waals surface area contributed by atoms with Crippen molar-refractivity contribution in [3.8, 4) is 0 Å². The summed E-state index contributed by atoms with van der Waals surface area (Å²) in [5.74, 6) is -0.767. The minimum atomic E-state index is -0.767. The fraction of sp³-hybridized carbons (Fsp3) is 0.857. The Balaban J connectivity index is 1.90. The average molecular weight is 268 g/mol. The van der Waals surface area contributed by atoms with Gasteiger partial charge in [-0.2, -0.15) is 0 Å². The van der Waals surface area contributed by atoms with Crippen molar-refractivity contribution in [2.45, 2.75) is 57.9 Å². The number of aliphatic carboxylic acids is 1. The first kappa shape index (κ1) is 14.2. The van der Waals surface area contributed by atoms with E-state index in [-0.39, 0.29) is 18.6 Å². The van der Waals surface area contributed by atoms with E-state index in [4.69, 9.17) is 0 Å². The van der Waals surface area contributed by atoms with Crippen molar-refractivity contribution in [3.05, 3.63) is 0 Å². The SMILES string of the molecule is CC1CCCCN1C(=O)NCC1(C(=O)O)CCCC1. The minimum Gasteiger partial charge on any atom is -0.481 e. The fourth-order valence-electron chi connectivity index (χ4n) is 3.26. The summed E-state index contributed by atoms with van der Waals surface area (Å²) in [7, 11) is 0. The van der Waals surface area contributed by atoms with E-state index in [0.717, 1.165) is 32.2 Å². The number of hydrogen-bond acceptors (Lipinski definition) is 2. The summed E-state index contributed by atoms with van der Waals surface area (Å²) < 4.78 is 0. The Hall–Kier alpha value is -1.26. The van der Waals surface area contributed by atoms with E-state index >= 15 is 0 Å². The van der Waals surface area contributed by atoms with Gasteiger partial charge in [-0.15, -0.1) is 0 Å². The van der Waals surface area contributed by atoms with E-state index in [2.05, 4.69) is 12.2 Å². The molecule has 0 aromatic carbocycles. The number of carbonyl (C=O) groups excluding carboxylic acids is 1. The van der Waals surface area contributed by atoms with Crippen LogP contribution in [0.3, 0.4) is 0 Å². The molecular weight excluding hydrogens is 244 g/mol. The summed E-state index contributed by atoms with van der Waals surface area (Å²) in [5, 5.41) is 12.2. The van der Waals surface area contributed by atoms with Gasteiger partial charge in [0, 0.05) is 19.1 Å². The number of piperidine rings is 1. The van der Waals surface area contributed by atoms with Gasteiger partial charge in [0.1, 0.15) is 0 Å². The predicted octanol–water partition coefficient (Wildman–Crippen LogP) is 2.22. The van der Waals surface area contributed by atoms with Gasteiger partial charge in [0.05, 0.1) is 5.41 Å². The number of carboxylic acid groups (broad SMARTS) is 1. The molecule has 0 radical (unpaired) electrons. The van der Waals surface area contributed by atoms with Crippen molar-refractivity contribution in [2.75, 3.05) is 13.1 Å². The molecule has 1 saturated heterocycles. The van der Waals surface area contributed by atoms with Crippen molar-refractivity contribution < 1.29 is 14.7 Å². The van der Waals surface area contributed by atoms with E-state index in [1.54, 1.807) is 0 Å². The van der Waals surface area contributed by atoms with Gasteiger partial charge in [0.15, 0.2) is 0 Å². The smallest absolute Gasteiger partial charge is 0.317 e. The van der Waals surface area contributed by atoms with Gasteiger partial charge in [0.25, 0.3) is 0 Å². The highest BCUT2D eigenvalue weighted by molar-refractivity contribution is 5.78. The van der Waals surface area contributed by atoms with Crippen LogP contribution in [0.1, 0.15) is 51.9 Å². The molecule has 0 spiro atoms. The van der Waals surface area contributed by atoms with E-state index in [1.165, 1.54) is 6.42 Å². The number of carbonyl (C=O) groups is 2. The summed E-state index contributed by atoms with van der Waals surface area (Å²) in [5.41, 5.74) is -0.727. The molecule has 1 heterocycles. The molecule has 5 heteroatoms. The maximum absolute atomic E-state index is 12.2. The lowest BCUT2D eigenvalue weighted by Gasteiger charge is -2.34. The number of rotatable bonds is 3. The number of amides is 2. The second-order valence-corrected chi connectivity index (χ2v) is 5.99. The highest BCUT2D eigenvalue weighted by atomic mass is 16.4. The Morgan fingerprint density at radius 3 is 2.53 bits per heavy atom. The Kier molecular flexibility index (Phi) is 4.32. The summed E-state index contributed by atoms with van der Waals surface area (Å²) in [6.07, 6.45) is 6.50. The van der Waals surface area contributed by atoms with Crippen LogP contribution in [0.25, 0.3) is 0 Å². The molecule has 0 aromatic heterocycles. The lowest BCUT2D eigenvalue weighted by atomic mass is 9.86. The summed E-state index contributed by atoms with van der Waals surface area (Å²) in [6.45, 7) is 3.11. The third kappa shape index (κ3) is 3.01. The normalized spacial score (nSPS) is 26.2. The van der Waals surface area contributed by atoms with Gasteiger partial charge in [-0.1, -0.05) is 12.8 Å². The zero-order valence-electron chi connectivity index (χ0n) is 11.7. The number of carboxylic acids is 1. The molecular formula is C14H24N2O3. The lowest BCUT2D eigenvalue weighted by Crippen LogP contribution is -2.50. The molecule has 1 aliphatic carbocycles. The largest absolute Gasteiger partial charge is 0.481 e. The Morgan fingerprint density at radius 1 is 1.26 bits per heavy atom. The molecule has 2 fully saturated rings. The maximum atomic E-state index is 12.2. The zero-order valence-corrected chi connectivity index (χ0v) is 11.7. The average Bonchev–Trinajstić information content (AvgIpc) is 2.86. The molecule has 2 amide bonds. The van der Waals surface area contributed by atoms with Crippen molar-refractivity contribution in [3.63, 3.8) is 0 Å². The summed E-state index contributed by atoms with van der Waals surface area (Å²) in [6, 6.07) is 0.165. The molecule has 1 atom stereocenters. The van der Waals surface area contributed by atoms with Crippen molar-refractivity contribution in [1.82, 2.24) is 10.2 Å². The van der Waals surface area contributed by atoms with E-state index in [1.807, 2.05) is 4.90 Å². The van der Waals surface area contributed by atoms with Crippen molar-refractivity contribution >= 4 is 12.0 Å². The summed E-state index contributed by atoms with van der Waals surface area (Å²) >= 11 is 0. The molecule has 1 unspecified atom stereocenters. The molecule has 2 N–H and O–H groups in total. The second kappa shape index (κ2) is 5.80. The third-order valence-electron chi connectivity index (χ3n) is 4.66. The molecule has 0 aromatic rings. The quantitative estimate of drug-likeness (QED) is 0.824. The Bertz CT molecular complexity index is 351. The van der Waals surface area contributed by atoms with Crippen LogP contribution in [-0.4, -0.2) is 41.1 Å². The van der Waals surface area contributed by atoms with Gasteiger partial charge in [-0.25, -0.2) is 4.79 Å². The fourth-order valence-corrected chi connectivity index (χ4v) is 3.26. The summed E-state index contributed by atoms with van der Waals surface area (Å²) in [4.78, 5) is 25.4. The van der Waals surface area contributed by atoms with E-state index in [9.17, 15) is 14.7 Å². The van der Waals surface area contributed by atoms with Crippen LogP contribution in [0.4, 0.5) is 4.79 Å². The van der Waals surface area contributed by atoms with Crippen molar-refractivity contribution in [2.24, 2.45) is 5.41 Å². The van der Waals surface area contributed by atoms with E-state index in [0.29, 0.717) is 12.8 Å². The topological polar surface area (TPSA) is 69.6 Å². The van der Waals surface area contributed by atoms with Crippen LogP contribution in [0.15, 0.2) is 0 Å².